The van der Waals surface area contributed by atoms with Gasteiger partial charge in [0.2, 0.25) is 0 Å². The molecular formula is C15H20N4. The molecule has 0 spiro atoms. The molecule has 2 aromatic rings. The Hall–Kier alpha value is -1.68. The molecule has 1 heterocycles. The van der Waals surface area contributed by atoms with Crippen LogP contribution in [0.1, 0.15) is 36.8 Å². The number of nitrogens with zero attached hydrogens (tertiary/aromatic N) is 3. The summed E-state index contributed by atoms with van der Waals surface area (Å²) < 4.78 is 1.98. The molecule has 0 amide bonds. The lowest BCUT2D eigenvalue weighted by Crippen LogP contribution is -2.30. The summed E-state index contributed by atoms with van der Waals surface area (Å²) in [7, 11) is 0. The van der Waals surface area contributed by atoms with Crippen molar-refractivity contribution in [2.45, 2.75) is 45.3 Å². The largest absolute Gasteiger partial charge is 0.306 e. The van der Waals surface area contributed by atoms with Gasteiger partial charge >= 0.3 is 0 Å². The second-order valence-corrected chi connectivity index (χ2v) is 5.47. The summed E-state index contributed by atoms with van der Waals surface area (Å²) in [4.78, 5) is 4.34. The Kier molecular flexibility index (Phi) is 3.34. The highest BCUT2D eigenvalue weighted by molar-refractivity contribution is 5.33. The lowest BCUT2D eigenvalue weighted by atomic mass is 10.1. The van der Waals surface area contributed by atoms with Crippen molar-refractivity contribution < 1.29 is 0 Å². The van der Waals surface area contributed by atoms with E-state index in [2.05, 4.69) is 53.5 Å². The van der Waals surface area contributed by atoms with E-state index in [9.17, 15) is 0 Å². The van der Waals surface area contributed by atoms with Gasteiger partial charge in [0.05, 0.1) is 6.54 Å². The second kappa shape index (κ2) is 5.13. The first-order valence-electron chi connectivity index (χ1n) is 6.92. The lowest BCUT2D eigenvalue weighted by molar-refractivity contribution is 0.463. The maximum atomic E-state index is 4.34. The molecule has 1 aromatic carbocycles. The molecule has 0 bridgehead atoms. The molecule has 0 saturated carbocycles. The van der Waals surface area contributed by atoms with Gasteiger partial charge in [-0.25, -0.2) is 9.67 Å². The van der Waals surface area contributed by atoms with Gasteiger partial charge in [0.1, 0.15) is 12.2 Å². The van der Waals surface area contributed by atoms with Crippen molar-refractivity contribution in [3.63, 3.8) is 0 Å². The normalized spacial score (nSPS) is 15.1. The average Bonchev–Trinajstić information content (AvgIpc) is 3.02. The van der Waals surface area contributed by atoms with E-state index in [-0.39, 0.29) is 0 Å². The predicted octanol–water partition coefficient (Wildman–Crippen LogP) is 2.12. The Balaban J connectivity index is 1.61. The summed E-state index contributed by atoms with van der Waals surface area (Å²) in [5, 5.41) is 7.87. The SMILES string of the molecule is CC(C)n1ncnc1CNC1Cc2ccccc2C1. The molecule has 1 N–H and O–H groups in total. The topological polar surface area (TPSA) is 42.7 Å². The Bertz CT molecular complexity index is 534. The molecule has 0 radical (unpaired) electrons. The summed E-state index contributed by atoms with van der Waals surface area (Å²) in [5.41, 5.74) is 2.95. The number of fused-ring (bicyclic) bond motifs is 1. The molecule has 4 nitrogen and oxygen atoms in total. The van der Waals surface area contributed by atoms with Crippen LogP contribution in [0.4, 0.5) is 0 Å². The molecule has 0 fully saturated rings. The van der Waals surface area contributed by atoms with Gasteiger partial charge in [-0.05, 0) is 37.8 Å². The van der Waals surface area contributed by atoms with E-state index in [1.807, 2.05) is 4.68 Å². The number of benzene rings is 1. The van der Waals surface area contributed by atoms with E-state index < -0.39 is 0 Å². The Morgan fingerprint density at radius 2 is 1.95 bits per heavy atom. The van der Waals surface area contributed by atoms with Crippen LogP contribution in [0, 0.1) is 0 Å². The molecule has 100 valence electrons. The second-order valence-electron chi connectivity index (χ2n) is 5.47. The molecule has 1 aliphatic carbocycles. The van der Waals surface area contributed by atoms with Crippen LogP contribution in [-0.2, 0) is 19.4 Å². The zero-order chi connectivity index (χ0) is 13.2. The van der Waals surface area contributed by atoms with Gasteiger partial charge in [0.25, 0.3) is 0 Å². The molecule has 0 atom stereocenters. The van der Waals surface area contributed by atoms with Crippen molar-refractivity contribution in [2.75, 3.05) is 0 Å². The third-order valence-corrected chi connectivity index (χ3v) is 3.74. The van der Waals surface area contributed by atoms with Gasteiger partial charge in [-0.15, -0.1) is 0 Å². The summed E-state index contributed by atoms with van der Waals surface area (Å²) >= 11 is 0. The van der Waals surface area contributed by atoms with E-state index in [4.69, 9.17) is 0 Å². The van der Waals surface area contributed by atoms with Gasteiger partial charge < -0.3 is 5.32 Å². The maximum Gasteiger partial charge on any atom is 0.141 e. The van der Waals surface area contributed by atoms with Crippen molar-refractivity contribution in [1.29, 1.82) is 0 Å². The van der Waals surface area contributed by atoms with Crippen LogP contribution < -0.4 is 5.32 Å². The number of aromatic nitrogens is 3. The number of rotatable bonds is 4. The van der Waals surface area contributed by atoms with Crippen molar-refractivity contribution >= 4 is 0 Å². The minimum Gasteiger partial charge on any atom is -0.306 e. The van der Waals surface area contributed by atoms with Crippen molar-refractivity contribution in [1.82, 2.24) is 20.1 Å². The molecular weight excluding hydrogens is 236 g/mol. The van der Waals surface area contributed by atoms with E-state index in [0.717, 1.165) is 25.2 Å². The standard InChI is InChI=1S/C15H20N4/c1-11(2)19-15(17-10-18-19)9-16-14-7-12-5-3-4-6-13(12)8-14/h3-6,10-11,14,16H,7-9H2,1-2H3. The first-order valence-corrected chi connectivity index (χ1v) is 6.92. The van der Waals surface area contributed by atoms with E-state index in [1.54, 1.807) is 6.33 Å². The Morgan fingerprint density at radius 3 is 2.58 bits per heavy atom. The van der Waals surface area contributed by atoms with Crippen LogP contribution in [0.15, 0.2) is 30.6 Å². The highest BCUT2D eigenvalue weighted by Gasteiger charge is 2.20. The summed E-state index contributed by atoms with van der Waals surface area (Å²) in [5.74, 6) is 1.02. The number of hydrogen-bond donors (Lipinski definition) is 1. The third kappa shape index (κ3) is 2.54. The van der Waals surface area contributed by atoms with Gasteiger partial charge in [0.15, 0.2) is 0 Å². The van der Waals surface area contributed by atoms with Gasteiger partial charge in [-0.1, -0.05) is 24.3 Å². The van der Waals surface area contributed by atoms with Crippen LogP contribution in [0.3, 0.4) is 0 Å². The molecule has 0 unspecified atom stereocenters. The van der Waals surface area contributed by atoms with E-state index in [0.29, 0.717) is 12.1 Å². The van der Waals surface area contributed by atoms with Crippen LogP contribution in [0.2, 0.25) is 0 Å². The maximum absolute atomic E-state index is 4.34. The first kappa shape index (κ1) is 12.4. The Labute approximate surface area is 113 Å². The van der Waals surface area contributed by atoms with E-state index in [1.165, 1.54) is 11.1 Å². The monoisotopic (exact) mass is 256 g/mol. The van der Waals surface area contributed by atoms with Gasteiger partial charge in [-0.2, -0.15) is 5.10 Å². The molecule has 4 heteroatoms. The number of nitrogens with one attached hydrogen (secondary N) is 1. The van der Waals surface area contributed by atoms with Crippen molar-refractivity contribution in [3.05, 3.63) is 47.5 Å². The molecule has 0 aliphatic heterocycles. The lowest BCUT2D eigenvalue weighted by Gasteiger charge is -2.13. The smallest absolute Gasteiger partial charge is 0.141 e. The fourth-order valence-corrected chi connectivity index (χ4v) is 2.77. The Morgan fingerprint density at radius 1 is 1.26 bits per heavy atom. The fourth-order valence-electron chi connectivity index (χ4n) is 2.77. The molecule has 1 aromatic heterocycles. The molecule has 19 heavy (non-hydrogen) atoms. The highest BCUT2D eigenvalue weighted by Crippen LogP contribution is 2.21. The van der Waals surface area contributed by atoms with Crippen LogP contribution in [0.25, 0.3) is 0 Å². The van der Waals surface area contributed by atoms with Crippen LogP contribution in [-0.4, -0.2) is 20.8 Å². The summed E-state index contributed by atoms with van der Waals surface area (Å²) in [6, 6.07) is 9.59. The van der Waals surface area contributed by atoms with E-state index >= 15 is 0 Å². The quantitative estimate of drug-likeness (QED) is 0.911. The third-order valence-electron chi connectivity index (χ3n) is 3.74. The van der Waals surface area contributed by atoms with Crippen molar-refractivity contribution in [2.24, 2.45) is 0 Å². The highest BCUT2D eigenvalue weighted by atomic mass is 15.4. The number of hydrogen-bond acceptors (Lipinski definition) is 3. The van der Waals surface area contributed by atoms with Crippen molar-refractivity contribution in [3.8, 4) is 0 Å². The minimum atomic E-state index is 0.361. The van der Waals surface area contributed by atoms with Gasteiger partial charge in [-0.3, -0.25) is 0 Å². The molecule has 1 aliphatic rings. The average molecular weight is 256 g/mol. The van der Waals surface area contributed by atoms with Crippen LogP contribution >= 0.6 is 0 Å². The summed E-state index contributed by atoms with van der Waals surface area (Å²) in [6.07, 6.45) is 3.87. The minimum absolute atomic E-state index is 0.361. The zero-order valence-corrected chi connectivity index (χ0v) is 11.5. The predicted molar refractivity (Wildman–Crippen MR) is 74.9 cm³/mol. The zero-order valence-electron chi connectivity index (χ0n) is 11.5. The summed E-state index contributed by atoms with van der Waals surface area (Å²) in [6.45, 7) is 5.05. The van der Waals surface area contributed by atoms with Crippen LogP contribution in [0.5, 0.6) is 0 Å². The fraction of sp³-hybridized carbons (Fsp3) is 0.467. The first-order chi connectivity index (χ1) is 9.24. The molecule has 0 saturated heterocycles. The van der Waals surface area contributed by atoms with Gasteiger partial charge in [0, 0.05) is 12.1 Å². The molecule has 3 rings (SSSR count).